The first-order valence-electron chi connectivity index (χ1n) is 6.76. The van der Waals surface area contributed by atoms with Crippen LogP contribution in [0.25, 0.3) is 27.6 Å². The van der Waals surface area contributed by atoms with Crippen LogP contribution in [0.15, 0.2) is 47.5 Å². The van der Waals surface area contributed by atoms with Crippen molar-refractivity contribution in [2.45, 2.75) is 6.92 Å². The second-order valence-corrected chi connectivity index (χ2v) is 5.06. The molecule has 4 aromatic rings. The topological polar surface area (TPSA) is 63.6 Å². The smallest absolute Gasteiger partial charge is 0.191 e. The lowest BCUT2D eigenvalue weighted by Gasteiger charge is -2.06. The number of nitrogens with one attached hydrogen (secondary N) is 1. The number of hydrogen-bond acceptors (Lipinski definition) is 3. The number of aryl methyl sites for hydroxylation is 1. The molecule has 0 saturated carbocycles. The second kappa shape index (κ2) is 4.49. The summed E-state index contributed by atoms with van der Waals surface area (Å²) >= 11 is 0. The van der Waals surface area contributed by atoms with Crippen LogP contribution >= 0.6 is 0 Å². The molecule has 0 fully saturated rings. The number of H-pyrrole nitrogens is 1. The van der Waals surface area contributed by atoms with Crippen molar-refractivity contribution >= 4 is 21.9 Å². The van der Waals surface area contributed by atoms with Gasteiger partial charge in [-0.1, -0.05) is 6.07 Å². The van der Waals surface area contributed by atoms with Crippen LogP contribution in [0.4, 0.5) is 4.39 Å². The minimum Gasteiger partial charge on any atom is -0.299 e. The molecule has 5 nitrogen and oxygen atoms in total. The Kier molecular flexibility index (Phi) is 2.59. The minimum absolute atomic E-state index is 0.101. The first-order chi connectivity index (χ1) is 10.6. The normalized spacial score (nSPS) is 11.4. The van der Waals surface area contributed by atoms with E-state index in [1.807, 2.05) is 0 Å². The van der Waals surface area contributed by atoms with Crippen molar-refractivity contribution in [3.63, 3.8) is 0 Å². The number of nitrogens with zero attached hydrogens (tertiary/aromatic N) is 3. The van der Waals surface area contributed by atoms with Crippen LogP contribution in [0.3, 0.4) is 0 Å². The Bertz CT molecular complexity index is 1080. The van der Waals surface area contributed by atoms with Gasteiger partial charge >= 0.3 is 0 Å². The third-order valence-corrected chi connectivity index (χ3v) is 3.66. The summed E-state index contributed by atoms with van der Waals surface area (Å²) in [5.74, 6) is -0.328. The summed E-state index contributed by atoms with van der Waals surface area (Å²) in [7, 11) is 0. The standard InChI is InChI=1S/C16H11FN4O/c1-9-14-13(22)5-6-18-15(14)12-8-19-21(16(12)20-9)11-4-2-3-10(17)7-11/h2-8,19H,1H3. The van der Waals surface area contributed by atoms with Crippen molar-refractivity contribution in [1.82, 2.24) is 19.7 Å². The molecule has 0 aliphatic rings. The van der Waals surface area contributed by atoms with Crippen molar-refractivity contribution in [2.75, 3.05) is 0 Å². The van der Waals surface area contributed by atoms with E-state index in [2.05, 4.69) is 15.1 Å². The van der Waals surface area contributed by atoms with E-state index in [1.165, 1.54) is 24.4 Å². The lowest BCUT2D eigenvalue weighted by atomic mass is 10.1. The second-order valence-electron chi connectivity index (χ2n) is 5.06. The Balaban J connectivity index is 2.13. The number of hydrogen-bond donors (Lipinski definition) is 1. The molecule has 0 bridgehead atoms. The maximum atomic E-state index is 13.4. The number of halogens is 1. The van der Waals surface area contributed by atoms with Crippen molar-refractivity contribution < 1.29 is 4.39 Å². The highest BCUT2D eigenvalue weighted by molar-refractivity contribution is 6.03. The number of aromatic amines is 1. The van der Waals surface area contributed by atoms with Crippen molar-refractivity contribution in [3.8, 4) is 5.69 Å². The number of pyridine rings is 2. The van der Waals surface area contributed by atoms with E-state index in [1.54, 1.807) is 29.9 Å². The molecular weight excluding hydrogens is 283 g/mol. The van der Waals surface area contributed by atoms with Gasteiger partial charge in [-0.3, -0.25) is 14.9 Å². The van der Waals surface area contributed by atoms with Crippen molar-refractivity contribution in [1.29, 1.82) is 0 Å². The van der Waals surface area contributed by atoms with E-state index in [0.717, 1.165) is 5.39 Å². The number of benzene rings is 1. The monoisotopic (exact) mass is 294 g/mol. The zero-order valence-electron chi connectivity index (χ0n) is 11.7. The fraction of sp³-hybridized carbons (Fsp3) is 0.0625. The highest BCUT2D eigenvalue weighted by atomic mass is 19.1. The molecule has 0 spiro atoms. The van der Waals surface area contributed by atoms with E-state index in [4.69, 9.17) is 0 Å². The Labute approximate surface area is 124 Å². The molecule has 0 atom stereocenters. The van der Waals surface area contributed by atoms with E-state index in [0.29, 0.717) is 27.9 Å². The first kappa shape index (κ1) is 12.7. The van der Waals surface area contributed by atoms with Gasteiger partial charge in [0.1, 0.15) is 5.82 Å². The summed E-state index contributed by atoms with van der Waals surface area (Å²) in [4.78, 5) is 20.8. The SMILES string of the molecule is Cc1nc2c(c[nH]n2-c2cccc(F)c2)c2nccc(=O)c12. The van der Waals surface area contributed by atoms with Crippen LogP contribution in [0.1, 0.15) is 5.69 Å². The van der Waals surface area contributed by atoms with Gasteiger partial charge < -0.3 is 0 Å². The summed E-state index contributed by atoms with van der Waals surface area (Å²) in [6.07, 6.45) is 3.21. The molecule has 3 heterocycles. The molecule has 4 rings (SSSR count). The average molecular weight is 294 g/mol. The highest BCUT2D eigenvalue weighted by Gasteiger charge is 2.14. The Morgan fingerprint density at radius 2 is 2.14 bits per heavy atom. The number of fused-ring (bicyclic) bond motifs is 3. The number of aromatic nitrogens is 4. The van der Waals surface area contributed by atoms with Crippen molar-refractivity contribution in [2.24, 2.45) is 0 Å². The molecular formula is C16H11FN4O. The molecule has 0 aliphatic heterocycles. The van der Waals surface area contributed by atoms with Gasteiger partial charge in [-0.05, 0) is 25.1 Å². The zero-order valence-corrected chi connectivity index (χ0v) is 11.7. The van der Waals surface area contributed by atoms with Gasteiger partial charge in [0.25, 0.3) is 0 Å². The van der Waals surface area contributed by atoms with E-state index >= 15 is 0 Å². The van der Waals surface area contributed by atoms with Crippen LogP contribution in [0, 0.1) is 12.7 Å². The van der Waals surface area contributed by atoms with Crippen LogP contribution in [-0.4, -0.2) is 19.7 Å². The lowest BCUT2D eigenvalue weighted by molar-refractivity contribution is 0.625. The molecule has 0 aliphatic carbocycles. The van der Waals surface area contributed by atoms with Crippen LogP contribution in [0.5, 0.6) is 0 Å². The summed E-state index contributed by atoms with van der Waals surface area (Å²) in [6, 6.07) is 7.63. The predicted octanol–water partition coefficient (Wildman–Crippen LogP) is 2.71. The largest absolute Gasteiger partial charge is 0.299 e. The maximum absolute atomic E-state index is 13.4. The van der Waals surface area contributed by atoms with Gasteiger partial charge in [0.05, 0.1) is 27.7 Å². The van der Waals surface area contributed by atoms with Crippen LogP contribution in [0.2, 0.25) is 0 Å². The summed E-state index contributed by atoms with van der Waals surface area (Å²) in [6.45, 7) is 1.77. The maximum Gasteiger partial charge on any atom is 0.191 e. The van der Waals surface area contributed by atoms with Gasteiger partial charge in [0, 0.05) is 18.5 Å². The molecule has 6 heteroatoms. The van der Waals surface area contributed by atoms with Crippen LogP contribution < -0.4 is 5.43 Å². The fourth-order valence-electron chi connectivity index (χ4n) is 2.68. The molecule has 0 unspecified atom stereocenters. The van der Waals surface area contributed by atoms with E-state index in [-0.39, 0.29) is 11.2 Å². The number of rotatable bonds is 1. The predicted molar refractivity (Wildman–Crippen MR) is 81.7 cm³/mol. The fourth-order valence-corrected chi connectivity index (χ4v) is 2.68. The Morgan fingerprint density at radius 1 is 1.27 bits per heavy atom. The van der Waals surface area contributed by atoms with Gasteiger partial charge in [-0.2, -0.15) is 0 Å². The molecule has 1 aromatic carbocycles. The third kappa shape index (κ3) is 1.74. The summed E-state index contributed by atoms with van der Waals surface area (Å²) < 4.78 is 15.1. The van der Waals surface area contributed by atoms with E-state index < -0.39 is 0 Å². The summed E-state index contributed by atoms with van der Waals surface area (Å²) in [5, 5.41) is 4.28. The third-order valence-electron chi connectivity index (χ3n) is 3.66. The summed E-state index contributed by atoms with van der Waals surface area (Å²) in [5.41, 5.74) is 2.33. The van der Waals surface area contributed by atoms with Gasteiger partial charge in [0.2, 0.25) is 0 Å². The Morgan fingerprint density at radius 3 is 2.95 bits per heavy atom. The van der Waals surface area contributed by atoms with Gasteiger partial charge in [0.15, 0.2) is 11.1 Å². The Hall–Kier alpha value is -3.02. The molecule has 108 valence electrons. The highest BCUT2D eigenvalue weighted by Crippen LogP contribution is 2.24. The van der Waals surface area contributed by atoms with Gasteiger partial charge in [-0.15, -0.1) is 0 Å². The lowest BCUT2D eigenvalue weighted by Crippen LogP contribution is -2.05. The molecule has 1 N–H and O–H groups in total. The van der Waals surface area contributed by atoms with Crippen LogP contribution in [-0.2, 0) is 0 Å². The van der Waals surface area contributed by atoms with E-state index in [9.17, 15) is 9.18 Å². The molecule has 0 radical (unpaired) electrons. The minimum atomic E-state index is -0.328. The quantitative estimate of drug-likeness (QED) is 0.587. The molecule has 0 amide bonds. The first-order valence-corrected chi connectivity index (χ1v) is 6.76. The zero-order chi connectivity index (χ0) is 15.3. The van der Waals surface area contributed by atoms with Crippen molar-refractivity contribution in [3.05, 3.63) is 64.5 Å². The molecule has 3 aromatic heterocycles. The molecule has 0 saturated heterocycles. The van der Waals surface area contributed by atoms with Gasteiger partial charge in [-0.25, -0.2) is 14.1 Å². The average Bonchev–Trinajstić information content (AvgIpc) is 2.91. The molecule has 22 heavy (non-hydrogen) atoms.